The Morgan fingerprint density at radius 3 is 2.59 bits per heavy atom. The Morgan fingerprint density at radius 1 is 1.31 bits per heavy atom. The van der Waals surface area contributed by atoms with Crippen LogP contribution in [0.1, 0.15) is 31.2 Å². The van der Waals surface area contributed by atoms with Gasteiger partial charge in [-0.25, -0.2) is 4.99 Å². The average molecular weight is 526 g/mol. The van der Waals surface area contributed by atoms with Gasteiger partial charge in [0.15, 0.2) is 5.96 Å². The number of nitrogens with one attached hydrogen (secondary N) is 2. The molecule has 1 amide bonds. The highest BCUT2D eigenvalue weighted by Crippen LogP contribution is 2.26. The summed E-state index contributed by atoms with van der Waals surface area (Å²) in [5.74, 6) is 0.939. The van der Waals surface area contributed by atoms with Crippen molar-refractivity contribution in [1.82, 2.24) is 15.5 Å². The summed E-state index contributed by atoms with van der Waals surface area (Å²) in [7, 11) is 4.85. The van der Waals surface area contributed by atoms with Crippen molar-refractivity contribution in [3.05, 3.63) is 23.8 Å². The Hall–Kier alpha value is -1.85. The molecule has 2 N–H and O–H groups in total. The number of hydrogen-bond acceptors (Lipinski definition) is 4. The van der Waals surface area contributed by atoms with E-state index in [1.165, 1.54) is 18.1 Å². The quantitative estimate of drug-likeness (QED) is 0.310. The molecule has 0 heterocycles. The lowest BCUT2D eigenvalue weighted by molar-refractivity contribution is -0.127. The van der Waals surface area contributed by atoms with E-state index in [-0.39, 0.29) is 54.8 Å². The fourth-order valence-electron chi connectivity index (χ4n) is 2.92. The summed E-state index contributed by atoms with van der Waals surface area (Å²) in [5, 5.41) is 6.33. The zero-order valence-corrected chi connectivity index (χ0v) is 19.2. The van der Waals surface area contributed by atoms with Gasteiger partial charge in [0.2, 0.25) is 5.91 Å². The molecule has 0 spiro atoms. The molecule has 0 saturated heterocycles. The van der Waals surface area contributed by atoms with Gasteiger partial charge in [-0.2, -0.15) is 8.78 Å². The maximum Gasteiger partial charge on any atom is 0.387 e. The molecular weight excluding hydrogens is 497 g/mol. The lowest BCUT2D eigenvalue weighted by atomic mass is 10.2. The van der Waals surface area contributed by atoms with E-state index in [0.29, 0.717) is 17.3 Å². The number of amides is 1. The number of likely N-dealkylation sites (N-methyl/N-ethyl adjacent to an activating group) is 1. The van der Waals surface area contributed by atoms with Crippen LogP contribution in [-0.2, 0) is 11.3 Å². The summed E-state index contributed by atoms with van der Waals surface area (Å²) in [6.45, 7) is -2.75. The largest absolute Gasteiger partial charge is 0.497 e. The summed E-state index contributed by atoms with van der Waals surface area (Å²) in [6, 6.07) is 4.88. The van der Waals surface area contributed by atoms with Gasteiger partial charge in [-0.1, -0.05) is 12.8 Å². The highest BCUT2D eigenvalue weighted by atomic mass is 127. The van der Waals surface area contributed by atoms with Crippen molar-refractivity contribution in [2.24, 2.45) is 4.99 Å². The number of nitrogens with zero attached hydrogens (tertiary/aromatic N) is 2. The van der Waals surface area contributed by atoms with Gasteiger partial charge in [0.1, 0.15) is 11.5 Å². The summed E-state index contributed by atoms with van der Waals surface area (Å²) in [4.78, 5) is 17.8. The molecule has 1 aliphatic rings. The SMILES string of the molecule is COc1ccc(OC(F)F)c(CN=C(NCC(=O)N(C)C)NC2CCCC2)c1.I. The lowest BCUT2D eigenvalue weighted by Crippen LogP contribution is -2.46. The van der Waals surface area contributed by atoms with Gasteiger partial charge in [0.05, 0.1) is 20.2 Å². The second-order valence-electron chi connectivity index (χ2n) is 6.78. The van der Waals surface area contributed by atoms with Crippen LogP contribution in [0.4, 0.5) is 8.78 Å². The molecule has 1 aliphatic carbocycles. The first-order chi connectivity index (χ1) is 13.4. The van der Waals surface area contributed by atoms with Crippen molar-refractivity contribution in [2.75, 3.05) is 27.7 Å². The van der Waals surface area contributed by atoms with Crippen molar-refractivity contribution < 1.29 is 23.0 Å². The number of halogens is 3. The fraction of sp³-hybridized carbons (Fsp3) is 0.579. The molecule has 1 fully saturated rings. The zero-order valence-electron chi connectivity index (χ0n) is 16.9. The van der Waals surface area contributed by atoms with Crippen LogP contribution >= 0.6 is 24.0 Å². The van der Waals surface area contributed by atoms with E-state index in [1.54, 1.807) is 26.2 Å². The molecule has 1 saturated carbocycles. The van der Waals surface area contributed by atoms with Crippen molar-refractivity contribution in [3.63, 3.8) is 0 Å². The average Bonchev–Trinajstić information content (AvgIpc) is 3.17. The van der Waals surface area contributed by atoms with Crippen LogP contribution in [0.15, 0.2) is 23.2 Å². The standard InChI is InChI=1S/C19H28F2N4O3.HI/c1-25(2)17(26)12-23-19(24-14-6-4-5-7-14)22-11-13-10-15(27-3)8-9-16(13)28-18(20)21;/h8-10,14,18H,4-7,11-12H2,1-3H3,(H2,22,23,24);1H. The van der Waals surface area contributed by atoms with Gasteiger partial charge in [0.25, 0.3) is 0 Å². The molecule has 0 aromatic heterocycles. The van der Waals surface area contributed by atoms with Gasteiger partial charge < -0.3 is 25.0 Å². The van der Waals surface area contributed by atoms with Crippen molar-refractivity contribution in [2.45, 2.75) is 44.9 Å². The lowest BCUT2D eigenvalue weighted by Gasteiger charge is -2.19. The molecule has 0 aliphatic heterocycles. The van der Waals surface area contributed by atoms with Gasteiger partial charge in [-0.05, 0) is 31.0 Å². The number of carbonyl (C=O) groups is 1. The molecule has 0 unspecified atom stereocenters. The van der Waals surface area contributed by atoms with Crippen molar-refractivity contribution in [1.29, 1.82) is 0 Å². The normalized spacial score (nSPS) is 14.3. The molecule has 29 heavy (non-hydrogen) atoms. The van der Waals surface area contributed by atoms with E-state index in [4.69, 9.17) is 4.74 Å². The van der Waals surface area contributed by atoms with E-state index in [1.807, 2.05) is 0 Å². The minimum absolute atomic E-state index is 0. The Balaban J connectivity index is 0.00000420. The molecule has 0 radical (unpaired) electrons. The predicted molar refractivity (Wildman–Crippen MR) is 118 cm³/mol. The van der Waals surface area contributed by atoms with Gasteiger partial charge in [0, 0.05) is 25.7 Å². The Labute approximate surface area is 187 Å². The molecule has 10 heteroatoms. The van der Waals surface area contributed by atoms with Crippen molar-refractivity contribution in [3.8, 4) is 11.5 Å². The predicted octanol–water partition coefficient (Wildman–Crippen LogP) is 2.98. The van der Waals surface area contributed by atoms with Crippen LogP contribution < -0.4 is 20.1 Å². The number of guanidine groups is 1. The molecule has 0 atom stereocenters. The van der Waals surface area contributed by atoms with Crippen LogP contribution in [0.2, 0.25) is 0 Å². The monoisotopic (exact) mass is 526 g/mol. The number of benzene rings is 1. The third-order valence-corrected chi connectivity index (χ3v) is 4.49. The highest BCUT2D eigenvalue weighted by molar-refractivity contribution is 14.0. The fourth-order valence-corrected chi connectivity index (χ4v) is 2.92. The number of methoxy groups -OCH3 is 1. The van der Waals surface area contributed by atoms with E-state index in [9.17, 15) is 13.6 Å². The van der Waals surface area contributed by atoms with E-state index in [2.05, 4.69) is 20.4 Å². The van der Waals surface area contributed by atoms with E-state index in [0.717, 1.165) is 25.7 Å². The Bertz CT molecular complexity index is 683. The summed E-state index contributed by atoms with van der Waals surface area (Å²) in [6.07, 6.45) is 4.34. The number of aliphatic imine (C=N–C) groups is 1. The van der Waals surface area contributed by atoms with Gasteiger partial charge >= 0.3 is 6.61 Å². The maximum absolute atomic E-state index is 12.7. The first-order valence-electron chi connectivity index (χ1n) is 9.25. The number of alkyl halides is 2. The summed E-state index contributed by atoms with van der Waals surface area (Å²) >= 11 is 0. The maximum atomic E-state index is 12.7. The van der Waals surface area contributed by atoms with Crippen LogP contribution in [-0.4, -0.2) is 57.2 Å². The molecular formula is C19H29F2IN4O3. The Morgan fingerprint density at radius 2 is 2.00 bits per heavy atom. The number of carbonyl (C=O) groups excluding carboxylic acids is 1. The van der Waals surface area contributed by atoms with Crippen molar-refractivity contribution >= 4 is 35.8 Å². The van der Waals surface area contributed by atoms with Crippen LogP contribution in [0.5, 0.6) is 11.5 Å². The van der Waals surface area contributed by atoms with E-state index < -0.39 is 6.61 Å². The van der Waals surface area contributed by atoms with Crippen LogP contribution in [0.3, 0.4) is 0 Å². The molecule has 1 aromatic carbocycles. The number of hydrogen-bond donors (Lipinski definition) is 2. The molecule has 2 rings (SSSR count). The van der Waals surface area contributed by atoms with E-state index >= 15 is 0 Å². The van der Waals surface area contributed by atoms with Crippen LogP contribution in [0, 0.1) is 0 Å². The molecule has 164 valence electrons. The molecule has 0 bridgehead atoms. The Kier molecular flexibility index (Phi) is 11.0. The van der Waals surface area contributed by atoms with Gasteiger partial charge in [-0.3, -0.25) is 4.79 Å². The van der Waals surface area contributed by atoms with Gasteiger partial charge in [-0.15, -0.1) is 24.0 Å². The molecule has 1 aromatic rings. The first kappa shape index (κ1) is 25.2. The molecule has 7 nitrogen and oxygen atoms in total. The second kappa shape index (κ2) is 12.7. The minimum Gasteiger partial charge on any atom is -0.497 e. The smallest absolute Gasteiger partial charge is 0.387 e. The topological polar surface area (TPSA) is 75.2 Å². The summed E-state index contributed by atoms with van der Waals surface area (Å²) < 4.78 is 35.1. The minimum atomic E-state index is -2.93. The number of rotatable bonds is 8. The second-order valence-corrected chi connectivity index (χ2v) is 6.78. The third-order valence-electron chi connectivity index (χ3n) is 4.49. The summed E-state index contributed by atoms with van der Waals surface area (Å²) in [5.41, 5.74) is 0.464. The third kappa shape index (κ3) is 8.58. The number of ether oxygens (including phenoxy) is 2. The zero-order chi connectivity index (χ0) is 20.5. The van der Waals surface area contributed by atoms with Crippen LogP contribution in [0.25, 0.3) is 0 Å². The highest BCUT2D eigenvalue weighted by Gasteiger charge is 2.17. The first-order valence-corrected chi connectivity index (χ1v) is 9.25.